The molecule has 0 aromatic heterocycles. The molecule has 2 N–H and O–H groups in total. The van der Waals surface area contributed by atoms with E-state index in [4.69, 9.17) is 0 Å². The van der Waals surface area contributed by atoms with E-state index in [1.54, 1.807) is 13.8 Å². The van der Waals surface area contributed by atoms with Crippen LogP contribution in [0.2, 0.25) is 0 Å². The minimum absolute atomic E-state index is 0.201. The highest BCUT2D eigenvalue weighted by atomic mass is 16.3. The first-order chi connectivity index (χ1) is 8.28. The van der Waals surface area contributed by atoms with Crippen molar-refractivity contribution in [3.8, 4) is 6.07 Å². The third-order valence-corrected chi connectivity index (χ3v) is 3.64. The van der Waals surface area contributed by atoms with Gasteiger partial charge in [-0.25, -0.2) is 0 Å². The molecule has 3 nitrogen and oxygen atoms in total. The van der Waals surface area contributed by atoms with E-state index in [1.165, 1.54) is 0 Å². The Morgan fingerprint density at radius 3 is 2.22 bits per heavy atom. The molecule has 1 aromatic rings. The van der Waals surface area contributed by atoms with Crippen LogP contribution in [0.5, 0.6) is 0 Å². The Morgan fingerprint density at radius 1 is 1.22 bits per heavy atom. The second-order valence-electron chi connectivity index (χ2n) is 5.66. The molecule has 0 saturated carbocycles. The number of nitriles is 1. The summed E-state index contributed by atoms with van der Waals surface area (Å²) < 4.78 is 0. The summed E-state index contributed by atoms with van der Waals surface area (Å²) in [6.07, 6.45) is 0. The second-order valence-corrected chi connectivity index (χ2v) is 5.66. The van der Waals surface area contributed by atoms with E-state index in [0.29, 0.717) is 6.54 Å². The van der Waals surface area contributed by atoms with Crippen molar-refractivity contribution in [2.75, 3.05) is 6.54 Å². The summed E-state index contributed by atoms with van der Waals surface area (Å²) in [7, 11) is 0. The smallest absolute Gasteiger partial charge is 0.0837 e. The summed E-state index contributed by atoms with van der Waals surface area (Å²) in [5.74, 6) is -0.201. The SMILES string of the molecule is CC(C)(O)C(C)(C)NCC(C#N)c1ccccc1. The van der Waals surface area contributed by atoms with Crippen molar-refractivity contribution in [1.29, 1.82) is 5.26 Å². The van der Waals surface area contributed by atoms with Crippen molar-refractivity contribution in [1.82, 2.24) is 5.32 Å². The standard InChI is InChI=1S/C15H22N2O/c1-14(2,15(3,4)18)17-11-13(10-16)12-8-6-5-7-9-12/h5-9,13,17-18H,11H2,1-4H3. The van der Waals surface area contributed by atoms with Gasteiger partial charge in [0.2, 0.25) is 0 Å². The molecule has 0 aliphatic carbocycles. The molecule has 0 radical (unpaired) electrons. The Balaban J connectivity index is 2.71. The van der Waals surface area contributed by atoms with Gasteiger partial charge in [0.05, 0.1) is 17.6 Å². The average molecular weight is 246 g/mol. The van der Waals surface area contributed by atoms with E-state index in [-0.39, 0.29) is 5.92 Å². The number of hydrogen-bond acceptors (Lipinski definition) is 3. The van der Waals surface area contributed by atoms with Crippen molar-refractivity contribution in [3.63, 3.8) is 0 Å². The predicted octanol–water partition coefficient (Wildman–Crippen LogP) is 2.43. The molecule has 1 aromatic carbocycles. The predicted molar refractivity (Wildman–Crippen MR) is 73.2 cm³/mol. The van der Waals surface area contributed by atoms with Crippen LogP contribution in [-0.4, -0.2) is 22.8 Å². The fourth-order valence-electron chi connectivity index (χ4n) is 1.50. The highest BCUT2D eigenvalue weighted by Crippen LogP contribution is 2.22. The molecule has 0 amide bonds. The van der Waals surface area contributed by atoms with Crippen molar-refractivity contribution in [3.05, 3.63) is 35.9 Å². The first kappa shape index (κ1) is 14.7. The lowest BCUT2D eigenvalue weighted by atomic mass is 9.85. The summed E-state index contributed by atoms with van der Waals surface area (Å²) in [6.45, 7) is 7.93. The molecule has 18 heavy (non-hydrogen) atoms. The third kappa shape index (κ3) is 3.56. The summed E-state index contributed by atoms with van der Waals surface area (Å²) in [5, 5.41) is 22.6. The van der Waals surface area contributed by atoms with E-state index in [1.807, 2.05) is 44.2 Å². The van der Waals surface area contributed by atoms with Crippen LogP contribution in [0.3, 0.4) is 0 Å². The van der Waals surface area contributed by atoms with Gasteiger partial charge in [0.1, 0.15) is 0 Å². The molecule has 0 spiro atoms. The molecular formula is C15H22N2O. The highest BCUT2D eigenvalue weighted by molar-refractivity contribution is 5.25. The summed E-state index contributed by atoms with van der Waals surface area (Å²) in [5.41, 5.74) is -0.292. The Bertz CT molecular complexity index is 412. The zero-order valence-corrected chi connectivity index (χ0v) is 11.6. The number of rotatable bonds is 5. The van der Waals surface area contributed by atoms with Gasteiger partial charge in [-0.1, -0.05) is 30.3 Å². The van der Waals surface area contributed by atoms with Crippen molar-refractivity contribution in [2.45, 2.75) is 44.8 Å². The van der Waals surface area contributed by atoms with Crippen LogP contribution in [0, 0.1) is 11.3 Å². The minimum Gasteiger partial charge on any atom is -0.389 e. The molecule has 3 heteroatoms. The van der Waals surface area contributed by atoms with Crippen LogP contribution in [-0.2, 0) is 0 Å². The lowest BCUT2D eigenvalue weighted by molar-refractivity contribution is -0.00446. The van der Waals surface area contributed by atoms with Gasteiger partial charge in [-0.3, -0.25) is 0 Å². The molecule has 0 heterocycles. The number of hydrogen-bond donors (Lipinski definition) is 2. The topological polar surface area (TPSA) is 56.0 Å². The Kier molecular flexibility index (Phi) is 4.50. The molecule has 0 aliphatic heterocycles. The molecule has 1 rings (SSSR count). The third-order valence-electron chi connectivity index (χ3n) is 3.64. The molecule has 98 valence electrons. The molecule has 0 bridgehead atoms. The van der Waals surface area contributed by atoms with Crippen molar-refractivity contribution < 1.29 is 5.11 Å². The van der Waals surface area contributed by atoms with Gasteiger partial charge >= 0.3 is 0 Å². The number of nitrogens with zero attached hydrogens (tertiary/aromatic N) is 1. The molecule has 0 fully saturated rings. The molecule has 1 atom stereocenters. The maximum absolute atomic E-state index is 10.1. The van der Waals surface area contributed by atoms with Crippen LogP contribution in [0.25, 0.3) is 0 Å². The van der Waals surface area contributed by atoms with Gasteiger partial charge in [0, 0.05) is 12.1 Å². The first-order valence-corrected chi connectivity index (χ1v) is 6.20. The van der Waals surface area contributed by atoms with Crippen LogP contribution in [0.1, 0.15) is 39.2 Å². The first-order valence-electron chi connectivity index (χ1n) is 6.20. The summed E-state index contributed by atoms with van der Waals surface area (Å²) in [6, 6.07) is 12.0. The van der Waals surface area contributed by atoms with E-state index < -0.39 is 11.1 Å². The van der Waals surface area contributed by atoms with E-state index in [0.717, 1.165) is 5.56 Å². The monoisotopic (exact) mass is 246 g/mol. The van der Waals surface area contributed by atoms with Gasteiger partial charge in [0.25, 0.3) is 0 Å². The summed E-state index contributed by atoms with van der Waals surface area (Å²) in [4.78, 5) is 0. The average Bonchev–Trinajstić information content (AvgIpc) is 2.29. The molecule has 0 aliphatic rings. The fourth-order valence-corrected chi connectivity index (χ4v) is 1.50. The quantitative estimate of drug-likeness (QED) is 0.839. The van der Waals surface area contributed by atoms with E-state index >= 15 is 0 Å². The lowest BCUT2D eigenvalue weighted by Gasteiger charge is -2.38. The molecular weight excluding hydrogens is 224 g/mol. The summed E-state index contributed by atoms with van der Waals surface area (Å²) >= 11 is 0. The molecule has 1 unspecified atom stereocenters. The largest absolute Gasteiger partial charge is 0.389 e. The maximum atomic E-state index is 10.1. The Morgan fingerprint density at radius 2 is 1.78 bits per heavy atom. The maximum Gasteiger partial charge on any atom is 0.0837 e. The number of benzene rings is 1. The van der Waals surface area contributed by atoms with Gasteiger partial charge in [0.15, 0.2) is 0 Å². The Labute approximate surface area is 109 Å². The highest BCUT2D eigenvalue weighted by Gasteiger charge is 2.34. The molecule has 0 saturated heterocycles. The van der Waals surface area contributed by atoms with Crippen molar-refractivity contribution >= 4 is 0 Å². The van der Waals surface area contributed by atoms with Gasteiger partial charge < -0.3 is 10.4 Å². The van der Waals surface area contributed by atoms with E-state index in [2.05, 4.69) is 11.4 Å². The van der Waals surface area contributed by atoms with Crippen LogP contribution in [0.15, 0.2) is 30.3 Å². The minimum atomic E-state index is -0.844. The van der Waals surface area contributed by atoms with Crippen LogP contribution < -0.4 is 5.32 Å². The van der Waals surface area contributed by atoms with Crippen LogP contribution in [0.4, 0.5) is 0 Å². The van der Waals surface area contributed by atoms with Gasteiger partial charge in [-0.15, -0.1) is 0 Å². The zero-order valence-electron chi connectivity index (χ0n) is 11.6. The van der Waals surface area contributed by atoms with Crippen LogP contribution >= 0.6 is 0 Å². The zero-order chi connectivity index (χ0) is 13.8. The lowest BCUT2D eigenvalue weighted by Crippen LogP contribution is -2.56. The number of aliphatic hydroxyl groups is 1. The van der Waals surface area contributed by atoms with E-state index in [9.17, 15) is 10.4 Å². The van der Waals surface area contributed by atoms with Gasteiger partial charge in [-0.05, 0) is 33.3 Å². The van der Waals surface area contributed by atoms with Crippen molar-refractivity contribution in [2.24, 2.45) is 0 Å². The Hall–Kier alpha value is -1.37. The van der Waals surface area contributed by atoms with Gasteiger partial charge in [-0.2, -0.15) is 5.26 Å². The normalized spacial score (nSPS) is 14.0. The fraction of sp³-hybridized carbons (Fsp3) is 0.533. The number of nitrogens with one attached hydrogen (secondary N) is 1. The second kappa shape index (κ2) is 5.51.